The maximum atomic E-state index is 13.7. The van der Waals surface area contributed by atoms with E-state index in [2.05, 4.69) is 9.98 Å². The fraction of sp³-hybridized carbons (Fsp3) is 0.167. The maximum Gasteiger partial charge on any atom is 0.247 e. The summed E-state index contributed by atoms with van der Waals surface area (Å²) >= 11 is 1.36. The van der Waals surface area contributed by atoms with E-state index in [9.17, 15) is 17.6 Å². The molecule has 0 saturated carbocycles. The molecule has 0 amide bonds. The molecular weight excluding hydrogens is 280 g/mol. The molecular formula is C12H6F4N2S. The van der Waals surface area contributed by atoms with Crippen molar-refractivity contribution >= 4 is 33.1 Å². The Morgan fingerprint density at radius 2 is 1.95 bits per heavy atom. The van der Waals surface area contributed by atoms with Gasteiger partial charge < -0.3 is 0 Å². The molecule has 3 rings (SSSR count). The van der Waals surface area contributed by atoms with Crippen LogP contribution in [0.5, 0.6) is 0 Å². The van der Waals surface area contributed by atoms with Gasteiger partial charge in [0.1, 0.15) is 0 Å². The first-order chi connectivity index (χ1) is 9.08. The van der Waals surface area contributed by atoms with Crippen LogP contribution in [-0.2, 0) is 0 Å². The summed E-state index contributed by atoms with van der Waals surface area (Å²) in [5.41, 5.74) is 1.51. The predicted molar refractivity (Wildman–Crippen MR) is 66.0 cm³/mol. The summed E-state index contributed by atoms with van der Waals surface area (Å²) < 4.78 is 54.4. The topological polar surface area (TPSA) is 25.2 Å². The Hall–Kier alpha value is -1.76. The molecule has 98 valence electrons. The highest BCUT2D eigenvalue weighted by atomic mass is 32.1. The van der Waals surface area contributed by atoms with Crippen LogP contribution >= 0.6 is 11.3 Å². The lowest BCUT2D eigenvalue weighted by atomic mass is 9.98. The summed E-state index contributed by atoms with van der Waals surface area (Å²) in [6.07, 6.45) is -4.75. The molecule has 2 unspecified atom stereocenters. The fourth-order valence-electron chi connectivity index (χ4n) is 1.91. The van der Waals surface area contributed by atoms with Gasteiger partial charge in [-0.2, -0.15) is 4.39 Å². The van der Waals surface area contributed by atoms with E-state index in [1.165, 1.54) is 23.5 Å². The Balaban J connectivity index is 2.18. The number of dihydropyridines is 1. The highest BCUT2D eigenvalue weighted by Gasteiger charge is 2.35. The molecule has 0 aliphatic carbocycles. The molecule has 1 aromatic carbocycles. The van der Waals surface area contributed by atoms with Gasteiger partial charge in [-0.25, -0.2) is 23.1 Å². The third kappa shape index (κ3) is 1.94. The van der Waals surface area contributed by atoms with Crippen molar-refractivity contribution in [1.82, 2.24) is 4.98 Å². The number of aliphatic imine (C=N–C) groups is 1. The van der Waals surface area contributed by atoms with Crippen LogP contribution in [0.1, 0.15) is 5.56 Å². The molecule has 1 aliphatic heterocycles. The summed E-state index contributed by atoms with van der Waals surface area (Å²) in [5, 5.41) is 0. The minimum atomic E-state index is -2.43. The molecule has 0 N–H and O–H groups in total. The SMILES string of the molecule is FC1=NC(F)C(F)C(c2ccc3scnc3c2)=C1F. The second-order valence-corrected chi connectivity index (χ2v) is 4.84. The molecule has 2 aromatic rings. The van der Waals surface area contributed by atoms with E-state index in [-0.39, 0.29) is 5.56 Å². The van der Waals surface area contributed by atoms with Crippen LogP contribution in [0.4, 0.5) is 17.6 Å². The lowest BCUT2D eigenvalue weighted by Crippen LogP contribution is -2.24. The largest absolute Gasteiger partial charge is 0.247 e. The summed E-state index contributed by atoms with van der Waals surface area (Å²) in [6, 6.07) is 4.41. The van der Waals surface area contributed by atoms with Crippen LogP contribution in [0.15, 0.2) is 34.5 Å². The first-order valence-electron chi connectivity index (χ1n) is 5.33. The van der Waals surface area contributed by atoms with Gasteiger partial charge in [0, 0.05) is 5.57 Å². The number of benzene rings is 1. The average molecular weight is 286 g/mol. The molecule has 0 radical (unpaired) electrons. The Kier molecular flexibility index (Phi) is 2.85. The number of allylic oxidation sites excluding steroid dienone is 1. The van der Waals surface area contributed by atoms with E-state index in [1.807, 2.05) is 0 Å². The van der Waals surface area contributed by atoms with Crippen LogP contribution in [0, 0.1) is 0 Å². The number of hydrogen-bond acceptors (Lipinski definition) is 3. The van der Waals surface area contributed by atoms with E-state index in [4.69, 9.17) is 0 Å². The minimum Gasteiger partial charge on any atom is -0.245 e. The van der Waals surface area contributed by atoms with Crippen LogP contribution in [0.2, 0.25) is 0 Å². The standard InChI is InChI=1S/C12H6F4N2S/c13-9-8(10(14)12(16)18-11(9)15)5-1-2-7-6(3-5)17-4-19-7/h1-4,9,11H. The first-order valence-corrected chi connectivity index (χ1v) is 6.21. The van der Waals surface area contributed by atoms with Gasteiger partial charge in [0.05, 0.1) is 15.7 Å². The van der Waals surface area contributed by atoms with Crippen LogP contribution in [-0.4, -0.2) is 23.4 Å². The van der Waals surface area contributed by atoms with E-state index in [1.54, 1.807) is 11.6 Å². The molecule has 2 atom stereocenters. The van der Waals surface area contributed by atoms with Gasteiger partial charge in [-0.05, 0) is 17.7 Å². The Morgan fingerprint density at radius 3 is 2.74 bits per heavy atom. The van der Waals surface area contributed by atoms with Gasteiger partial charge in [0.15, 0.2) is 12.0 Å². The van der Waals surface area contributed by atoms with Gasteiger partial charge in [-0.3, -0.25) is 0 Å². The Morgan fingerprint density at radius 1 is 1.16 bits per heavy atom. The number of alkyl halides is 2. The number of rotatable bonds is 1. The van der Waals surface area contributed by atoms with Crippen LogP contribution < -0.4 is 0 Å². The van der Waals surface area contributed by atoms with E-state index in [0.717, 1.165) is 4.70 Å². The number of aromatic nitrogens is 1. The van der Waals surface area contributed by atoms with E-state index < -0.39 is 29.8 Å². The van der Waals surface area contributed by atoms with Crippen LogP contribution in [0.3, 0.4) is 0 Å². The molecule has 0 saturated heterocycles. The lowest BCUT2D eigenvalue weighted by molar-refractivity contribution is 0.213. The number of fused-ring (bicyclic) bond motifs is 1. The van der Waals surface area contributed by atoms with Crippen molar-refractivity contribution < 1.29 is 17.6 Å². The molecule has 19 heavy (non-hydrogen) atoms. The van der Waals surface area contributed by atoms with Gasteiger partial charge >= 0.3 is 0 Å². The highest BCUT2D eigenvalue weighted by Crippen LogP contribution is 2.35. The van der Waals surface area contributed by atoms with Crippen molar-refractivity contribution in [1.29, 1.82) is 0 Å². The predicted octanol–water partition coefficient (Wildman–Crippen LogP) is 3.99. The molecule has 2 heterocycles. The second kappa shape index (κ2) is 4.41. The number of thiazole rings is 1. The molecule has 0 bridgehead atoms. The van der Waals surface area contributed by atoms with Crippen molar-refractivity contribution in [2.45, 2.75) is 12.5 Å². The monoisotopic (exact) mass is 286 g/mol. The average Bonchev–Trinajstić information content (AvgIpc) is 2.84. The third-order valence-electron chi connectivity index (χ3n) is 2.81. The van der Waals surface area contributed by atoms with Crippen LogP contribution in [0.25, 0.3) is 15.8 Å². The van der Waals surface area contributed by atoms with E-state index >= 15 is 0 Å². The summed E-state index contributed by atoms with van der Waals surface area (Å²) in [6.45, 7) is 0. The minimum absolute atomic E-state index is 0.0658. The van der Waals surface area contributed by atoms with Crippen molar-refractivity contribution in [3.63, 3.8) is 0 Å². The highest BCUT2D eigenvalue weighted by molar-refractivity contribution is 7.16. The third-order valence-corrected chi connectivity index (χ3v) is 3.62. The van der Waals surface area contributed by atoms with Crippen molar-refractivity contribution in [2.75, 3.05) is 0 Å². The molecule has 0 fully saturated rings. The van der Waals surface area contributed by atoms with Crippen molar-refractivity contribution in [3.05, 3.63) is 35.1 Å². The number of halogens is 4. The van der Waals surface area contributed by atoms with Gasteiger partial charge in [-0.15, -0.1) is 11.3 Å². The fourth-order valence-corrected chi connectivity index (χ4v) is 2.57. The van der Waals surface area contributed by atoms with Gasteiger partial charge in [0.25, 0.3) is 0 Å². The maximum absolute atomic E-state index is 13.7. The lowest BCUT2D eigenvalue weighted by Gasteiger charge is -2.19. The first kappa shape index (κ1) is 12.3. The zero-order valence-electron chi connectivity index (χ0n) is 9.28. The summed E-state index contributed by atoms with van der Waals surface area (Å²) in [5.74, 6) is -3.08. The normalized spacial score (nSPS) is 23.9. The molecule has 2 nitrogen and oxygen atoms in total. The smallest absolute Gasteiger partial charge is 0.245 e. The van der Waals surface area contributed by atoms with Crippen molar-refractivity contribution in [3.8, 4) is 0 Å². The number of hydrogen-bond donors (Lipinski definition) is 0. The zero-order chi connectivity index (χ0) is 13.6. The van der Waals surface area contributed by atoms with E-state index in [0.29, 0.717) is 5.52 Å². The molecule has 1 aromatic heterocycles. The van der Waals surface area contributed by atoms with Gasteiger partial charge in [-0.1, -0.05) is 6.07 Å². The molecule has 0 spiro atoms. The Bertz CT molecular complexity index is 707. The molecule has 1 aliphatic rings. The van der Waals surface area contributed by atoms with Gasteiger partial charge in [0.2, 0.25) is 12.3 Å². The molecule has 7 heteroatoms. The second-order valence-electron chi connectivity index (χ2n) is 3.96. The summed E-state index contributed by atoms with van der Waals surface area (Å²) in [7, 11) is 0. The quantitative estimate of drug-likeness (QED) is 0.574. The Labute approximate surface area is 109 Å². The van der Waals surface area contributed by atoms with Crippen molar-refractivity contribution in [2.24, 2.45) is 4.99 Å². The zero-order valence-corrected chi connectivity index (χ0v) is 10.1. The summed E-state index contributed by atoms with van der Waals surface area (Å²) in [4.78, 5) is 6.63. The number of nitrogens with zero attached hydrogens (tertiary/aromatic N) is 2.